The first kappa shape index (κ1) is 19.6. The lowest BCUT2D eigenvalue weighted by Gasteiger charge is -2.32. The van der Waals surface area contributed by atoms with Crippen molar-refractivity contribution in [1.29, 1.82) is 0 Å². The van der Waals surface area contributed by atoms with Gasteiger partial charge in [-0.05, 0) is 37.0 Å². The van der Waals surface area contributed by atoms with Crippen molar-refractivity contribution in [2.75, 3.05) is 18.4 Å². The van der Waals surface area contributed by atoms with Gasteiger partial charge in [0.15, 0.2) is 11.6 Å². The van der Waals surface area contributed by atoms with E-state index in [1.54, 1.807) is 6.07 Å². The Hall–Kier alpha value is -2.13. The lowest BCUT2D eigenvalue weighted by molar-refractivity contribution is 0.189. The Morgan fingerprint density at radius 3 is 2.74 bits per heavy atom. The lowest BCUT2D eigenvalue weighted by Crippen LogP contribution is -2.45. The van der Waals surface area contributed by atoms with Gasteiger partial charge in [-0.25, -0.2) is 13.6 Å². The van der Waals surface area contributed by atoms with Crippen molar-refractivity contribution in [2.24, 2.45) is 0 Å². The zero-order valence-electron chi connectivity index (χ0n) is 15.2. The Balaban J connectivity index is 1.41. The summed E-state index contributed by atoms with van der Waals surface area (Å²) in [5.74, 6) is -1.65. The number of nitrogens with one attached hydrogen (secondary N) is 2. The van der Waals surface area contributed by atoms with Crippen LogP contribution in [0.5, 0.6) is 0 Å². The topological polar surface area (TPSA) is 70.1 Å². The highest BCUT2D eigenvalue weighted by molar-refractivity contribution is 7.15. The number of piperidine rings is 1. The Morgan fingerprint density at radius 2 is 2.04 bits per heavy atom. The van der Waals surface area contributed by atoms with Crippen LogP contribution in [0.15, 0.2) is 18.2 Å². The summed E-state index contributed by atoms with van der Waals surface area (Å²) < 4.78 is 26.3. The minimum atomic E-state index is -0.829. The summed E-state index contributed by atoms with van der Waals surface area (Å²) in [5.41, 5.74) is 0.747. The van der Waals surface area contributed by atoms with Crippen LogP contribution >= 0.6 is 11.3 Å². The third-order valence-electron chi connectivity index (χ3n) is 4.46. The molecule has 1 aromatic carbocycles. The van der Waals surface area contributed by atoms with Gasteiger partial charge in [-0.2, -0.15) is 0 Å². The van der Waals surface area contributed by atoms with Crippen LogP contribution in [-0.2, 0) is 13.0 Å². The van der Waals surface area contributed by atoms with Gasteiger partial charge in [0, 0.05) is 32.1 Å². The van der Waals surface area contributed by atoms with Crippen LogP contribution in [0.4, 0.5) is 18.7 Å². The van der Waals surface area contributed by atoms with Crippen LogP contribution in [-0.4, -0.2) is 40.3 Å². The van der Waals surface area contributed by atoms with Crippen molar-refractivity contribution in [3.8, 4) is 0 Å². The van der Waals surface area contributed by atoms with Crippen molar-refractivity contribution < 1.29 is 13.6 Å². The van der Waals surface area contributed by atoms with Gasteiger partial charge in [-0.15, -0.1) is 10.2 Å². The molecule has 2 N–H and O–H groups in total. The fraction of sp³-hybridized carbons (Fsp3) is 0.500. The van der Waals surface area contributed by atoms with Crippen molar-refractivity contribution in [3.63, 3.8) is 0 Å². The van der Waals surface area contributed by atoms with E-state index >= 15 is 0 Å². The fourth-order valence-electron chi connectivity index (χ4n) is 3.07. The maximum atomic E-state index is 13.3. The molecule has 3 rings (SSSR count). The molecule has 0 radical (unpaired) electrons. The molecule has 2 amide bonds. The first-order valence-corrected chi connectivity index (χ1v) is 9.91. The molecule has 1 aliphatic rings. The molecule has 0 unspecified atom stereocenters. The summed E-state index contributed by atoms with van der Waals surface area (Å²) in [5, 5.41) is 15.1. The Kier molecular flexibility index (Phi) is 6.68. The number of halogens is 2. The first-order chi connectivity index (χ1) is 13.0. The monoisotopic (exact) mass is 395 g/mol. The molecule has 0 spiro atoms. The molecule has 0 aliphatic carbocycles. The molecule has 1 aliphatic heterocycles. The Labute approximate surface area is 161 Å². The van der Waals surface area contributed by atoms with Gasteiger partial charge in [0.2, 0.25) is 5.13 Å². The third-order valence-corrected chi connectivity index (χ3v) is 5.36. The average molecular weight is 395 g/mol. The van der Waals surface area contributed by atoms with Crippen molar-refractivity contribution in [2.45, 2.75) is 45.2 Å². The summed E-state index contributed by atoms with van der Waals surface area (Å²) in [7, 11) is 0. The van der Waals surface area contributed by atoms with E-state index in [-0.39, 0.29) is 12.1 Å². The predicted molar refractivity (Wildman–Crippen MR) is 101 cm³/mol. The minimum Gasteiger partial charge on any atom is -0.335 e. The molecule has 2 heterocycles. The number of aromatic nitrogens is 2. The number of rotatable bonds is 6. The summed E-state index contributed by atoms with van der Waals surface area (Å²) in [6.07, 6.45) is 3.45. The van der Waals surface area contributed by atoms with Crippen molar-refractivity contribution in [3.05, 3.63) is 40.4 Å². The number of anilines is 1. The molecule has 9 heteroatoms. The molecule has 1 saturated heterocycles. The highest BCUT2D eigenvalue weighted by Gasteiger charge is 2.21. The van der Waals surface area contributed by atoms with Gasteiger partial charge >= 0.3 is 6.03 Å². The molecule has 1 aromatic heterocycles. The molecule has 27 heavy (non-hydrogen) atoms. The SMILES string of the molecule is CCCc1nnc(NC(=O)NC2CCN(Cc3ccc(F)c(F)c3)CC2)s1. The zero-order chi connectivity index (χ0) is 19.2. The second-order valence-corrected chi connectivity index (χ2v) is 7.71. The van der Waals surface area contributed by atoms with Crippen LogP contribution < -0.4 is 10.6 Å². The molecular weight excluding hydrogens is 372 g/mol. The van der Waals surface area contributed by atoms with Crippen LogP contribution in [0, 0.1) is 11.6 Å². The standard InChI is InChI=1S/C18H23F2N5OS/c1-2-3-16-23-24-18(27-16)22-17(26)21-13-6-8-25(9-7-13)11-12-4-5-14(19)15(20)10-12/h4-5,10,13H,2-3,6-9,11H2,1H3,(H2,21,22,24,26). The van der Waals surface area contributed by atoms with Gasteiger partial charge in [-0.3, -0.25) is 10.2 Å². The number of benzene rings is 1. The number of carbonyl (C=O) groups is 1. The zero-order valence-corrected chi connectivity index (χ0v) is 16.0. The highest BCUT2D eigenvalue weighted by Crippen LogP contribution is 2.18. The van der Waals surface area contributed by atoms with Gasteiger partial charge in [0.05, 0.1) is 0 Å². The highest BCUT2D eigenvalue weighted by atomic mass is 32.1. The van der Waals surface area contributed by atoms with E-state index in [1.807, 2.05) is 0 Å². The smallest absolute Gasteiger partial charge is 0.321 e. The largest absolute Gasteiger partial charge is 0.335 e. The first-order valence-electron chi connectivity index (χ1n) is 9.09. The second kappa shape index (κ2) is 9.18. The van der Waals surface area contributed by atoms with E-state index in [1.165, 1.54) is 17.4 Å². The van der Waals surface area contributed by atoms with Crippen LogP contribution in [0.1, 0.15) is 36.8 Å². The maximum Gasteiger partial charge on any atom is 0.321 e. The number of likely N-dealkylation sites (tertiary alicyclic amines) is 1. The second-order valence-electron chi connectivity index (χ2n) is 6.65. The number of hydrogen-bond donors (Lipinski definition) is 2. The molecule has 2 aromatic rings. The molecule has 0 saturated carbocycles. The van der Waals surface area contributed by atoms with E-state index in [0.29, 0.717) is 11.7 Å². The molecule has 6 nitrogen and oxygen atoms in total. The van der Waals surface area contributed by atoms with Gasteiger partial charge in [-0.1, -0.05) is 24.3 Å². The van der Waals surface area contributed by atoms with Crippen LogP contribution in [0.3, 0.4) is 0 Å². The Bertz CT molecular complexity index is 777. The van der Waals surface area contributed by atoms with Crippen LogP contribution in [0.25, 0.3) is 0 Å². The quantitative estimate of drug-likeness (QED) is 0.785. The number of hydrogen-bond acceptors (Lipinski definition) is 5. The average Bonchev–Trinajstić information content (AvgIpc) is 3.07. The number of carbonyl (C=O) groups excluding carboxylic acids is 1. The van der Waals surface area contributed by atoms with Gasteiger partial charge in [0.1, 0.15) is 5.01 Å². The Morgan fingerprint density at radius 1 is 1.26 bits per heavy atom. The van der Waals surface area contributed by atoms with E-state index in [0.717, 1.165) is 55.4 Å². The van der Waals surface area contributed by atoms with E-state index in [9.17, 15) is 13.6 Å². The maximum absolute atomic E-state index is 13.3. The molecular formula is C18H23F2N5OS. The predicted octanol–water partition coefficient (Wildman–Crippen LogP) is 3.55. The summed E-state index contributed by atoms with van der Waals surface area (Å²) in [4.78, 5) is 14.3. The van der Waals surface area contributed by atoms with E-state index < -0.39 is 11.6 Å². The summed E-state index contributed by atoms with van der Waals surface area (Å²) in [6, 6.07) is 3.80. The molecule has 1 fully saturated rings. The van der Waals surface area contributed by atoms with E-state index in [4.69, 9.17) is 0 Å². The number of amides is 2. The molecule has 0 atom stereocenters. The minimum absolute atomic E-state index is 0.0780. The number of aryl methyl sites for hydroxylation is 1. The molecule has 146 valence electrons. The van der Waals surface area contributed by atoms with Crippen LogP contribution in [0.2, 0.25) is 0 Å². The van der Waals surface area contributed by atoms with Crippen molar-refractivity contribution in [1.82, 2.24) is 20.4 Å². The molecule has 0 bridgehead atoms. The van der Waals surface area contributed by atoms with Gasteiger partial charge in [0.25, 0.3) is 0 Å². The number of urea groups is 1. The summed E-state index contributed by atoms with van der Waals surface area (Å²) >= 11 is 1.39. The van der Waals surface area contributed by atoms with Crippen molar-refractivity contribution >= 4 is 22.5 Å². The van der Waals surface area contributed by atoms with E-state index in [2.05, 4.69) is 32.7 Å². The fourth-order valence-corrected chi connectivity index (χ4v) is 3.91. The third kappa shape index (κ3) is 5.67. The normalized spacial score (nSPS) is 15.7. The summed E-state index contributed by atoms with van der Waals surface area (Å²) in [6.45, 7) is 4.20. The van der Waals surface area contributed by atoms with Gasteiger partial charge < -0.3 is 5.32 Å². The lowest BCUT2D eigenvalue weighted by atomic mass is 10.0. The number of nitrogens with zero attached hydrogens (tertiary/aromatic N) is 3.